The van der Waals surface area contributed by atoms with Gasteiger partial charge in [0.15, 0.2) is 0 Å². The molecular weight excluding hydrogens is 520 g/mol. The molecule has 0 heterocycles. The number of benzene rings is 3. The second-order valence-electron chi connectivity index (χ2n) is 6.24. The fourth-order valence-corrected chi connectivity index (χ4v) is 4.16. The minimum atomic E-state index is -0.250. The Kier molecular flexibility index (Phi) is 7.47. The summed E-state index contributed by atoms with van der Waals surface area (Å²) in [5.41, 5.74) is 5.85. The second-order valence-corrected chi connectivity index (χ2v) is 8.39. The van der Waals surface area contributed by atoms with Gasteiger partial charge in [0.25, 0.3) is 5.91 Å². The molecule has 0 radical (unpaired) electrons. The van der Waals surface area contributed by atoms with Gasteiger partial charge in [-0.3, -0.25) is 4.79 Å². The van der Waals surface area contributed by atoms with E-state index < -0.39 is 0 Å². The summed E-state index contributed by atoms with van der Waals surface area (Å²) in [4.78, 5) is 12.2. The Morgan fingerprint density at radius 3 is 2.41 bits per heavy atom. The van der Waals surface area contributed by atoms with E-state index in [0.717, 1.165) is 25.6 Å². The van der Waals surface area contributed by atoms with Crippen LogP contribution in [0.5, 0.6) is 5.75 Å². The van der Waals surface area contributed by atoms with Gasteiger partial charge in [-0.1, -0.05) is 41.9 Å². The molecule has 3 aromatic carbocycles. The Labute approximate surface area is 191 Å². The van der Waals surface area contributed by atoms with Crippen molar-refractivity contribution < 1.29 is 9.53 Å². The van der Waals surface area contributed by atoms with Gasteiger partial charge in [-0.15, -0.1) is 0 Å². The highest BCUT2D eigenvalue weighted by atomic mass is 79.9. The maximum Gasteiger partial charge on any atom is 0.271 e. The number of hydrogen-bond acceptors (Lipinski definition) is 3. The molecule has 7 heteroatoms. The van der Waals surface area contributed by atoms with Crippen molar-refractivity contribution in [2.24, 2.45) is 5.10 Å². The van der Waals surface area contributed by atoms with Gasteiger partial charge < -0.3 is 4.74 Å². The van der Waals surface area contributed by atoms with Crippen molar-refractivity contribution in [1.82, 2.24) is 5.43 Å². The van der Waals surface area contributed by atoms with Gasteiger partial charge in [0.2, 0.25) is 0 Å². The first kappa shape index (κ1) is 21.6. The Bertz CT molecular complexity index is 1030. The van der Waals surface area contributed by atoms with Gasteiger partial charge >= 0.3 is 0 Å². The van der Waals surface area contributed by atoms with E-state index >= 15 is 0 Å². The third-order valence-corrected chi connectivity index (χ3v) is 5.52. The van der Waals surface area contributed by atoms with Crippen molar-refractivity contribution in [3.05, 3.63) is 96.9 Å². The molecule has 29 heavy (non-hydrogen) atoms. The summed E-state index contributed by atoms with van der Waals surface area (Å²) in [7, 11) is 0. The van der Waals surface area contributed by atoms with E-state index in [-0.39, 0.29) is 5.91 Å². The molecular formula is C22H17Br2ClN2O2. The van der Waals surface area contributed by atoms with Crippen LogP contribution >= 0.6 is 43.5 Å². The van der Waals surface area contributed by atoms with E-state index in [2.05, 4.69) is 42.4 Å². The maximum atomic E-state index is 12.2. The second kappa shape index (κ2) is 10.1. The van der Waals surface area contributed by atoms with Crippen LogP contribution in [0.1, 0.15) is 27.0 Å². The van der Waals surface area contributed by atoms with Crippen LogP contribution in [0, 0.1) is 6.92 Å². The number of halogens is 3. The molecule has 1 amide bonds. The van der Waals surface area contributed by atoms with E-state index in [1.165, 1.54) is 0 Å². The molecule has 0 atom stereocenters. The van der Waals surface area contributed by atoms with Crippen molar-refractivity contribution in [2.45, 2.75) is 13.5 Å². The molecule has 0 aliphatic heterocycles. The van der Waals surface area contributed by atoms with Crippen LogP contribution in [0.25, 0.3) is 0 Å². The number of hydrogen-bond donors (Lipinski definition) is 1. The molecule has 0 saturated heterocycles. The minimum absolute atomic E-state index is 0.250. The van der Waals surface area contributed by atoms with Crippen molar-refractivity contribution in [3.63, 3.8) is 0 Å². The normalized spacial score (nSPS) is 10.9. The molecule has 148 valence electrons. The summed E-state index contributed by atoms with van der Waals surface area (Å²) >= 11 is 13.0. The molecule has 0 fully saturated rings. The average molecular weight is 537 g/mol. The van der Waals surface area contributed by atoms with Gasteiger partial charge in [0.1, 0.15) is 12.4 Å². The Hall–Kier alpha value is -2.15. The van der Waals surface area contributed by atoms with Crippen LogP contribution in [0.4, 0.5) is 0 Å². The molecule has 0 unspecified atom stereocenters. The van der Waals surface area contributed by atoms with Crippen LogP contribution in [0.15, 0.2) is 74.7 Å². The largest absolute Gasteiger partial charge is 0.487 e. The molecule has 1 N–H and O–H groups in total. The van der Waals surface area contributed by atoms with Crippen molar-refractivity contribution >= 4 is 55.6 Å². The zero-order chi connectivity index (χ0) is 20.8. The topological polar surface area (TPSA) is 50.7 Å². The number of aryl methyl sites for hydroxylation is 1. The molecule has 4 nitrogen and oxygen atoms in total. The number of rotatable bonds is 6. The standard InChI is InChI=1S/C22H17Br2ClN2O2/c1-14-4-2-3-5-18(14)22(28)27-26-12-16-10-19(23)21(20(24)11-16)29-13-15-6-8-17(25)9-7-15/h2-12H,13H2,1H3,(H,27,28)/b26-12-. The maximum absolute atomic E-state index is 12.2. The lowest BCUT2D eigenvalue weighted by Crippen LogP contribution is -2.18. The van der Waals surface area contributed by atoms with Gasteiger partial charge in [-0.05, 0) is 85.8 Å². The lowest BCUT2D eigenvalue weighted by Gasteiger charge is -2.11. The number of carbonyl (C=O) groups excluding carboxylic acids is 1. The lowest BCUT2D eigenvalue weighted by atomic mass is 10.1. The summed E-state index contributed by atoms with van der Waals surface area (Å²) in [5.74, 6) is 0.432. The number of nitrogens with one attached hydrogen (secondary N) is 1. The first-order valence-electron chi connectivity index (χ1n) is 8.69. The van der Waals surface area contributed by atoms with Crippen LogP contribution in [-0.2, 0) is 6.61 Å². The highest BCUT2D eigenvalue weighted by molar-refractivity contribution is 9.11. The molecule has 0 saturated carbocycles. The average Bonchev–Trinajstić information content (AvgIpc) is 2.69. The summed E-state index contributed by atoms with van der Waals surface area (Å²) in [6.45, 7) is 2.30. The molecule has 3 aromatic rings. The highest BCUT2D eigenvalue weighted by Gasteiger charge is 2.10. The van der Waals surface area contributed by atoms with Crippen LogP contribution in [0.2, 0.25) is 5.02 Å². The number of ether oxygens (including phenoxy) is 1. The minimum Gasteiger partial charge on any atom is -0.487 e. The smallest absolute Gasteiger partial charge is 0.271 e. The summed E-state index contributed by atoms with van der Waals surface area (Å²) in [5, 5.41) is 4.74. The predicted molar refractivity (Wildman–Crippen MR) is 124 cm³/mol. The van der Waals surface area contributed by atoms with Gasteiger partial charge in [0.05, 0.1) is 15.2 Å². The molecule has 0 aliphatic rings. The SMILES string of the molecule is Cc1ccccc1C(=O)N/N=C\c1cc(Br)c(OCc2ccc(Cl)cc2)c(Br)c1. The zero-order valence-corrected chi connectivity index (χ0v) is 19.4. The molecule has 3 rings (SSSR count). The zero-order valence-electron chi connectivity index (χ0n) is 15.5. The molecule has 0 aromatic heterocycles. The molecule has 0 aliphatic carbocycles. The van der Waals surface area contributed by atoms with Crippen LogP contribution in [0.3, 0.4) is 0 Å². The number of hydrazone groups is 1. The van der Waals surface area contributed by atoms with E-state index in [4.69, 9.17) is 16.3 Å². The number of nitrogens with zero attached hydrogens (tertiary/aromatic N) is 1. The summed E-state index contributed by atoms with van der Waals surface area (Å²) < 4.78 is 7.45. The predicted octanol–water partition coefficient (Wildman–Crippen LogP) is 6.52. The fraction of sp³-hybridized carbons (Fsp3) is 0.0909. The van der Waals surface area contributed by atoms with E-state index in [1.54, 1.807) is 12.3 Å². The van der Waals surface area contributed by atoms with Gasteiger partial charge in [-0.2, -0.15) is 5.10 Å². The quantitative estimate of drug-likeness (QED) is 0.288. The number of amides is 1. The Balaban J connectivity index is 1.65. The third kappa shape index (κ3) is 5.92. The van der Waals surface area contributed by atoms with E-state index in [1.807, 2.05) is 61.5 Å². The summed E-state index contributed by atoms with van der Waals surface area (Å²) in [6.07, 6.45) is 1.58. The summed E-state index contributed by atoms with van der Waals surface area (Å²) in [6, 6.07) is 18.6. The number of carbonyl (C=O) groups is 1. The molecule has 0 bridgehead atoms. The van der Waals surface area contributed by atoms with Gasteiger partial charge in [-0.25, -0.2) is 5.43 Å². The monoisotopic (exact) mass is 534 g/mol. The fourth-order valence-electron chi connectivity index (χ4n) is 2.58. The first-order valence-corrected chi connectivity index (χ1v) is 10.7. The van der Waals surface area contributed by atoms with Crippen LogP contribution < -0.4 is 10.2 Å². The van der Waals surface area contributed by atoms with Gasteiger partial charge in [0, 0.05) is 10.6 Å². The lowest BCUT2D eigenvalue weighted by molar-refractivity contribution is 0.0954. The Morgan fingerprint density at radius 2 is 1.76 bits per heavy atom. The molecule has 0 spiro atoms. The Morgan fingerprint density at radius 1 is 1.10 bits per heavy atom. The van der Waals surface area contributed by atoms with E-state index in [9.17, 15) is 4.79 Å². The van der Waals surface area contributed by atoms with Crippen molar-refractivity contribution in [2.75, 3.05) is 0 Å². The van der Waals surface area contributed by atoms with Crippen molar-refractivity contribution in [3.8, 4) is 5.75 Å². The first-order chi connectivity index (χ1) is 13.9. The van der Waals surface area contributed by atoms with Crippen LogP contribution in [-0.4, -0.2) is 12.1 Å². The highest BCUT2D eigenvalue weighted by Crippen LogP contribution is 2.35. The van der Waals surface area contributed by atoms with Crippen molar-refractivity contribution in [1.29, 1.82) is 0 Å². The third-order valence-electron chi connectivity index (χ3n) is 4.09. The van der Waals surface area contributed by atoms with E-state index in [0.29, 0.717) is 22.9 Å².